The summed E-state index contributed by atoms with van der Waals surface area (Å²) in [6, 6.07) is 9.95. The minimum atomic E-state index is -0.209. The van der Waals surface area contributed by atoms with Gasteiger partial charge in [-0.1, -0.05) is 30.3 Å². The smallest absolute Gasteiger partial charge is 0.227 e. The van der Waals surface area contributed by atoms with E-state index in [0.29, 0.717) is 32.1 Å². The molecular formula is C22H26N4O2. The van der Waals surface area contributed by atoms with Gasteiger partial charge < -0.3 is 15.0 Å². The van der Waals surface area contributed by atoms with Crippen LogP contribution in [0.15, 0.2) is 36.5 Å². The van der Waals surface area contributed by atoms with Gasteiger partial charge in [-0.25, -0.2) is 9.97 Å². The quantitative estimate of drug-likeness (QED) is 0.866. The lowest BCUT2D eigenvalue weighted by Gasteiger charge is -2.34. The van der Waals surface area contributed by atoms with Crippen molar-refractivity contribution in [1.82, 2.24) is 14.9 Å². The second kappa shape index (κ2) is 7.17. The molecule has 1 saturated heterocycles. The van der Waals surface area contributed by atoms with Gasteiger partial charge >= 0.3 is 0 Å². The molecule has 2 aliphatic heterocycles. The van der Waals surface area contributed by atoms with Crippen molar-refractivity contribution < 1.29 is 9.53 Å². The van der Waals surface area contributed by atoms with Gasteiger partial charge in [0, 0.05) is 31.4 Å². The summed E-state index contributed by atoms with van der Waals surface area (Å²) in [6.07, 6.45) is 5.83. The van der Waals surface area contributed by atoms with Crippen molar-refractivity contribution in [1.29, 1.82) is 0 Å². The Morgan fingerprint density at radius 2 is 2.14 bits per heavy atom. The summed E-state index contributed by atoms with van der Waals surface area (Å²) in [6.45, 7) is 3.55. The molecule has 1 aromatic carbocycles. The molecule has 1 aromatic heterocycles. The van der Waals surface area contributed by atoms with Crippen molar-refractivity contribution >= 4 is 11.9 Å². The molecule has 6 nitrogen and oxygen atoms in total. The Morgan fingerprint density at radius 1 is 1.29 bits per heavy atom. The molecule has 3 heterocycles. The summed E-state index contributed by atoms with van der Waals surface area (Å²) >= 11 is 0. The third kappa shape index (κ3) is 3.49. The molecule has 1 spiro atoms. The molecule has 1 amide bonds. The number of aromatic nitrogens is 2. The van der Waals surface area contributed by atoms with Crippen LogP contribution in [0.25, 0.3) is 0 Å². The fourth-order valence-corrected chi connectivity index (χ4v) is 4.32. The predicted molar refractivity (Wildman–Crippen MR) is 106 cm³/mol. The van der Waals surface area contributed by atoms with Crippen molar-refractivity contribution in [3.05, 3.63) is 53.3 Å². The minimum Gasteiger partial charge on any atom is -0.376 e. The Hall–Kier alpha value is -2.47. The Bertz CT molecular complexity index is 868. The molecule has 2 aromatic rings. The Kier molecular flexibility index (Phi) is 4.51. The van der Waals surface area contributed by atoms with Crippen molar-refractivity contribution in [2.45, 2.75) is 37.7 Å². The Labute approximate surface area is 165 Å². The van der Waals surface area contributed by atoms with Gasteiger partial charge in [-0.3, -0.25) is 4.79 Å². The summed E-state index contributed by atoms with van der Waals surface area (Å²) in [5, 5.41) is 3.39. The molecule has 1 unspecified atom stereocenters. The first kappa shape index (κ1) is 17.6. The highest BCUT2D eigenvalue weighted by Crippen LogP contribution is 2.39. The lowest BCUT2D eigenvalue weighted by molar-refractivity contribution is -0.129. The maximum atomic E-state index is 12.8. The zero-order valence-corrected chi connectivity index (χ0v) is 16.1. The number of amides is 1. The first-order chi connectivity index (χ1) is 13.7. The molecule has 6 heteroatoms. The van der Waals surface area contributed by atoms with Crippen LogP contribution in [0.3, 0.4) is 0 Å². The number of nitrogens with zero attached hydrogens (tertiary/aromatic N) is 3. The monoisotopic (exact) mass is 378 g/mol. The van der Waals surface area contributed by atoms with Crippen LogP contribution in [0.2, 0.25) is 0 Å². The van der Waals surface area contributed by atoms with E-state index in [9.17, 15) is 4.79 Å². The van der Waals surface area contributed by atoms with E-state index in [-0.39, 0.29) is 11.3 Å². The highest BCUT2D eigenvalue weighted by molar-refractivity contribution is 5.79. The van der Waals surface area contributed by atoms with E-state index in [0.717, 1.165) is 42.2 Å². The van der Waals surface area contributed by atoms with Crippen LogP contribution in [0.4, 0.5) is 5.95 Å². The third-order valence-corrected chi connectivity index (χ3v) is 6.15. The number of carbonyl (C=O) groups excluding carboxylic acids is 1. The number of fused-ring (bicyclic) bond motifs is 2. The van der Waals surface area contributed by atoms with E-state index in [2.05, 4.69) is 10.3 Å². The summed E-state index contributed by atoms with van der Waals surface area (Å²) in [7, 11) is 0. The molecule has 2 fully saturated rings. The van der Waals surface area contributed by atoms with E-state index in [4.69, 9.17) is 9.72 Å². The van der Waals surface area contributed by atoms with Crippen LogP contribution in [0.5, 0.6) is 0 Å². The third-order valence-electron chi connectivity index (χ3n) is 6.15. The lowest BCUT2D eigenvalue weighted by Crippen LogP contribution is -2.42. The van der Waals surface area contributed by atoms with Gasteiger partial charge in [-0.15, -0.1) is 0 Å². The van der Waals surface area contributed by atoms with Crippen molar-refractivity contribution in [2.24, 2.45) is 5.92 Å². The molecule has 0 radical (unpaired) electrons. The first-order valence-corrected chi connectivity index (χ1v) is 10.2. The van der Waals surface area contributed by atoms with Gasteiger partial charge in [0.25, 0.3) is 0 Å². The summed E-state index contributed by atoms with van der Waals surface area (Å²) in [4.78, 5) is 24.2. The average molecular weight is 378 g/mol. The molecule has 28 heavy (non-hydrogen) atoms. The van der Waals surface area contributed by atoms with Gasteiger partial charge in [0.1, 0.15) is 0 Å². The molecule has 5 rings (SSSR count). The molecule has 1 N–H and O–H groups in total. The maximum absolute atomic E-state index is 12.8. The molecule has 146 valence electrons. The number of nitrogens with one attached hydrogen (secondary N) is 1. The second-order valence-corrected chi connectivity index (χ2v) is 8.39. The Balaban J connectivity index is 1.33. The highest BCUT2D eigenvalue weighted by Gasteiger charge is 2.46. The van der Waals surface area contributed by atoms with Crippen molar-refractivity contribution in [3.8, 4) is 0 Å². The number of carbonyl (C=O) groups is 1. The van der Waals surface area contributed by atoms with Crippen LogP contribution >= 0.6 is 0 Å². The van der Waals surface area contributed by atoms with Gasteiger partial charge in [-0.2, -0.15) is 0 Å². The van der Waals surface area contributed by atoms with Gasteiger partial charge in [-0.05, 0) is 30.7 Å². The van der Waals surface area contributed by atoms with Crippen LogP contribution in [-0.4, -0.2) is 47.0 Å². The average Bonchev–Trinajstić information content (AvgIpc) is 3.46. The minimum absolute atomic E-state index is 0.177. The number of anilines is 1. The fraction of sp³-hybridized carbons (Fsp3) is 0.500. The van der Waals surface area contributed by atoms with Crippen molar-refractivity contribution in [3.63, 3.8) is 0 Å². The zero-order chi connectivity index (χ0) is 19.0. The van der Waals surface area contributed by atoms with Gasteiger partial charge in [0.2, 0.25) is 11.9 Å². The van der Waals surface area contributed by atoms with Gasteiger partial charge in [0.15, 0.2) is 0 Å². The Morgan fingerprint density at radius 3 is 2.96 bits per heavy atom. The zero-order valence-electron chi connectivity index (χ0n) is 16.1. The molecular weight excluding hydrogens is 352 g/mol. The van der Waals surface area contributed by atoms with E-state index >= 15 is 0 Å². The SMILES string of the molecule is O=C(Cc1ccccc1)N1CCC2(COCc3cnc(NCC4CC4)nc32)C1. The van der Waals surface area contributed by atoms with E-state index in [1.54, 1.807) is 0 Å². The lowest BCUT2D eigenvalue weighted by atomic mass is 9.80. The van der Waals surface area contributed by atoms with Gasteiger partial charge in [0.05, 0.1) is 30.7 Å². The summed E-state index contributed by atoms with van der Waals surface area (Å²) < 4.78 is 5.89. The van der Waals surface area contributed by atoms with E-state index < -0.39 is 0 Å². The molecule has 1 saturated carbocycles. The van der Waals surface area contributed by atoms with E-state index in [1.165, 1.54) is 12.8 Å². The first-order valence-electron chi connectivity index (χ1n) is 10.2. The van der Waals surface area contributed by atoms with Crippen LogP contribution < -0.4 is 5.32 Å². The predicted octanol–water partition coefficient (Wildman–Crippen LogP) is 2.54. The normalized spacial score (nSPS) is 23.6. The molecule has 3 aliphatic rings. The maximum Gasteiger partial charge on any atom is 0.227 e. The number of rotatable bonds is 5. The summed E-state index contributed by atoms with van der Waals surface area (Å²) in [5.74, 6) is 1.66. The van der Waals surface area contributed by atoms with Crippen molar-refractivity contribution in [2.75, 3.05) is 31.6 Å². The highest BCUT2D eigenvalue weighted by atomic mass is 16.5. The molecule has 0 bridgehead atoms. The van der Waals surface area contributed by atoms with Crippen LogP contribution in [0.1, 0.15) is 36.1 Å². The largest absolute Gasteiger partial charge is 0.376 e. The molecule has 1 aliphatic carbocycles. The standard InChI is InChI=1S/C22H26N4O2/c27-19(10-16-4-2-1-3-5-16)26-9-8-22(14-26)15-28-13-18-12-24-21(25-20(18)22)23-11-17-6-7-17/h1-5,12,17H,6-11,13-15H2,(H,23,24,25). The van der Waals surface area contributed by atoms with E-state index in [1.807, 2.05) is 41.4 Å². The fourth-order valence-electron chi connectivity index (χ4n) is 4.32. The number of ether oxygens (including phenoxy) is 1. The number of likely N-dealkylation sites (tertiary alicyclic amines) is 1. The summed E-state index contributed by atoms with van der Waals surface area (Å²) in [5.41, 5.74) is 2.98. The molecule has 1 atom stereocenters. The van der Waals surface area contributed by atoms with Crippen LogP contribution in [0, 0.1) is 5.92 Å². The van der Waals surface area contributed by atoms with Crippen LogP contribution in [-0.2, 0) is 28.0 Å². The topological polar surface area (TPSA) is 67.4 Å². The second-order valence-electron chi connectivity index (χ2n) is 8.39. The number of benzene rings is 1. The number of hydrogen-bond donors (Lipinski definition) is 1. The number of hydrogen-bond acceptors (Lipinski definition) is 5.